The molecule has 0 unspecified atom stereocenters. The number of para-hydroxylation sites is 1. The van der Waals surface area contributed by atoms with E-state index in [1.807, 2.05) is 76.5 Å². The van der Waals surface area contributed by atoms with Crippen molar-refractivity contribution < 1.29 is 9.59 Å². The summed E-state index contributed by atoms with van der Waals surface area (Å²) in [6.07, 6.45) is 2.36. The average molecular weight is 445 g/mol. The van der Waals surface area contributed by atoms with Crippen molar-refractivity contribution in [2.75, 3.05) is 22.9 Å². The lowest BCUT2D eigenvalue weighted by atomic mass is 9.88. The number of amides is 2. The Bertz CT molecular complexity index is 1190. The van der Waals surface area contributed by atoms with Gasteiger partial charge in [-0.25, -0.2) is 0 Å². The van der Waals surface area contributed by atoms with Crippen LogP contribution in [0.4, 0.5) is 11.4 Å². The standard InChI is InChI=1S/C27H25ClN2O2/c1-2-18-7-9-19(10-8-18)26(31)30-16-14-23(22-5-3-4-6-25(22)30)27(32)29-15-13-20-17-21(28)11-12-24(20)29/h3-12,17,23H,2,13-16H2,1H3/t23-/m0/s1. The molecule has 0 saturated heterocycles. The van der Waals surface area contributed by atoms with Gasteiger partial charge in [0, 0.05) is 35.1 Å². The summed E-state index contributed by atoms with van der Waals surface area (Å²) < 4.78 is 0. The van der Waals surface area contributed by atoms with Crippen LogP contribution < -0.4 is 9.80 Å². The number of halogens is 1. The van der Waals surface area contributed by atoms with Crippen LogP contribution in [0.1, 0.15) is 46.3 Å². The van der Waals surface area contributed by atoms with E-state index in [4.69, 9.17) is 11.6 Å². The van der Waals surface area contributed by atoms with Crippen LogP contribution in [0.25, 0.3) is 0 Å². The summed E-state index contributed by atoms with van der Waals surface area (Å²) in [6, 6.07) is 21.3. The van der Waals surface area contributed by atoms with Crippen molar-refractivity contribution in [1.82, 2.24) is 0 Å². The van der Waals surface area contributed by atoms with Gasteiger partial charge in [0.05, 0.1) is 5.92 Å². The molecule has 2 heterocycles. The summed E-state index contributed by atoms with van der Waals surface area (Å²) >= 11 is 6.14. The van der Waals surface area contributed by atoms with E-state index in [2.05, 4.69) is 6.92 Å². The molecule has 2 amide bonds. The fraction of sp³-hybridized carbons (Fsp3) is 0.259. The second-order valence-electron chi connectivity index (χ2n) is 8.42. The molecule has 0 aromatic heterocycles. The minimum absolute atomic E-state index is 0.0211. The lowest BCUT2D eigenvalue weighted by Crippen LogP contribution is -2.42. The summed E-state index contributed by atoms with van der Waals surface area (Å²) in [4.78, 5) is 30.6. The summed E-state index contributed by atoms with van der Waals surface area (Å²) in [6.45, 7) is 3.28. The maximum Gasteiger partial charge on any atom is 0.258 e. The van der Waals surface area contributed by atoms with Gasteiger partial charge in [-0.15, -0.1) is 0 Å². The third kappa shape index (κ3) is 3.59. The molecule has 0 N–H and O–H groups in total. The van der Waals surface area contributed by atoms with Crippen molar-refractivity contribution in [3.8, 4) is 0 Å². The number of carbonyl (C=O) groups is 2. The van der Waals surface area contributed by atoms with Crippen LogP contribution in [0.2, 0.25) is 5.02 Å². The Kier molecular flexibility index (Phi) is 5.48. The SMILES string of the molecule is CCc1ccc(C(=O)N2CC[C@H](C(=O)N3CCc4cc(Cl)ccc43)c3ccccc32)cc1. The fourth-order valence-corrected chi connectivity index (χ4v) is 5.05. The average Bonchev–Trinajstić information content (AvgIpc) is 3.25. The highest BCUT2D eigenvalue weighted by Gasteiger charge is 2.37. The summed E-state index contributed by atoms with van der Waals surface area (Å²) in [5.41, 5.74) is 5.70. The van der Waals surface area contributed by atoms with Gasteiger partial charge in [-0.3, -0.25) is 9.59 Å². The van der Waals surface area contributed by atoms with Gasteiger partial charge in [0.1, 0.15) is 0 Å². The minimum atomic E-state index is -0.264. The van der Waals surface area contributed by atoms with Crippen LogP contribution in [-0.4, -0.2) is 24.9 Å². The Labute approximate surface area is 193 Å². The zero-order valence-corrected chi connectivity index (χ0v) is 18.8. The van der Waals surface area contributed by atoms with Gasteiger partial charge < -0.3 is 9.80 Å². The molecule has 2 aliphatic rings. The third-order valence-corrected chi connectivity index (χ3v) is 6.83. The Balaban J connectivity index is 1.44. The second-order valence-corrected chi connectivity index (χ2v) is 8.86. The van der Waals surface area contributed by atoms with Crippen LogP contribution in [0.5, 0.6) is 0 Å². The normalized spacial score (nSPS) is 17.1. The summed E-state index contributed by atoms with van der Waals surface area (Å²) in [5, 5.41) is 0.696. The zero-order valence-electron chi connectivity index (χ0n) is 18.1. The number of hydrogen-bond donors (Lipinski definition) is 0. The molecule has 0 saturated carbocycles. The molecule has 1 atom stereocenters. The number of fused-ring (bicyclic) bond motifs is 2. The first kappa shape index (κ1) is 20.8. The number of nitrogens with zero attached hydrogens (tertiary/aromatic N) is 2. The molecule has 32 heavy (non-hydrogen) atoms. The third-order valence-electron chi connectivity index (χ3n) is 6.60. The Hall–Kier alpha value is -3.11. The first-order valence-electron chi connectivity index (χ1n) is 11.2. The van der Waals surface area contributed by atoms with Gasteiger partial charge in [0.2, 0.25) is 5.91 Å². The number of rotatable bonds is 3. The van der Waals surface area contributed by atoms with E-state index in [0.29, 0.717) is 30.1 Å². The van der Waals surface area contributed by atoms with Crippen molar-refractivity contribution in [1.29, 1.82) is 0 Å². The molecule has 0 radical (unpaired) electrons. The quantitative estimate of drug-likeness (QED) is 0.525. The van der Waals surface area contributed by atoms with Crippen LogP contribution in [0.3, 0.4) is 0 Å². The minimum Gasteiger partial charge on any atom is -0.311 e. The lowest BCUT2D eigenvalue weighted by molar-refractivity contribution is -0.120. The summed E-state index contributed by atoms with van der Waals surface area (Å²) in [7, 11) is 0. The number of carbonyl (C=O) groups excluding carboxylic acids is 2. The number of aryl methyl sites for hydroxylation is 1. The molecule has 3 aromatic rings. The van der Waals surface area contributed by atoms with Gasteiger partial charge in [-0.1, -0.05) is 48.9 Å². The molecule has 0 bridgehead atoms. The maximum atomic E-state index is 13.6. The van der Waals surface area contributed by atoms with Gasteiger partial charge >= 0.3 is 0 Å². The van der Waals surface area contributed by atoms with Crippen molar-refractivity contribution in [2.45, 2.75) is 32.1 Å². The monoisotopic (exact) mass is 444 g/mol. The van der Waals surface area contributed by atoms with E-state index < -0.39 is 0 Å². The molecule has 162 valence electrons. The van der Waals surface area contributed by atoms with Crippen LogP contribution in [0.15, 0.2) is 66.7 Å². The smallest absolute Gasteiger partial charge is 0.258 e. The van der Waals surface area contributed by atoms with E-state index in [1.54, 1.807) is 0 Å². The molecular formula is C27H25ClN2O2. The van der Waals surface area contributed by atoms with E-state index in [9.17, 15) is 9.59 Å². The molecule has 2 aliphatic heterocycles. The zero-order chi connectivity index (χ0) is 22.2. The topological polar surface area (TPSA) is 40.6 Å². The van der Waals surface area contributed by atoms with E-state index >= 15 is 0 Å². The molecule has 3 aromatic carbocycles. The lowest BCUT2D eigenvalue weighted by Gasteiger charge is -2.35. The first-order valence-corrected chi connectivity index (χ1v) is 11.5. The fourth-order valence-electron chi connectivity index (χ4n) is 4.86. The van der Waals surface area contributed by atoms with E-state index in [-0.39, 0.29) is 17.7 Å². The van der Waals surface area contributed by atoms with Crippen molar-refractivity contribution in [3.05, 3.63) is 94.0 Å². The first-order chi connectivity index (χ1) is 15.6. The van der Waals surface area contributed by atoms with Crippen LogP contribution >= 0.6 is 11.6 Å². The van der Waals surface area contributed by atoms with Crippen molar-refractivity contribution >= 4 is 34.8 Å². The van der Waals surface area contributed by atoms with Crippen LogP contribution in [-0.2, 0) is 17.6 Å². The highest BCUT2D eigenvalue weighted by atomic mass is 35.5. The van der Waals surface area contributed by atoms with E-state index in [1.165, 1.54) is 5.56 Å². The Morgan fingerprint density at radius 1 is 0.938 bits per heavy atom. The van der Waals surface area contributed by atoms with Gasteiger partial charge in [0.15, 0.2) is 0 Å². The Morgan fingerprint density at radius 2 is 1.72 bits per heavy atom. The van der Waals surface area contributed by atoms with Crippen molar-refractivity contribution in [3.63, 3.8) is 0 Å². The highest BCUT2D eigenvalue weighted by molar-refractivity contribution is 6.30. The predicted molar refractivity (Wildman–Crippen MR) is 129 cm³/mol. The maximum absolute atomic E-state index is 13.6. The number of hydrogen-bond acceptors (Lipinski definition) is 2. The molecule has 5 heteroatoms. The van der Waals surface area contributed by atoms with Crippen LogP contribution in [0, 0.1) is 0 Å². The molecule has 0 fully saturated rings. The van der Waals surface area contributed by atoms with Gasteiger partial charge in [0.25, 0.3) is 5.91 Å². The summed E-state index contributed by atoms with van der Waals surface area (Å²) in [5.74, 6) is -0.190. The highest BCUT2D eigenvalue weighted by Crippen LogP contribution is 2.40. The molecule has 4 nitrogen and oxygen atoms in total. The molecule has 0 aliphatic carbocycles. The molecular weight excluding hydrogens is 420 g/mol. The van der Waals surface area contributed by atoms with Crippen molar-refractivity contribution in [2.24, 2.45) is 0 Å². The van der Waals surface area contributed by atoms with Gasteiger partial charge in [-0.2, -0.15) is 0 Å². The van der Waals surface area contributed by atoms with Gasteiger partial charge in [-0.05, 0) is 72.4 Å². The van der Waals surface area contributed by atoms with E-state index in [0.717, 1.165) is 35.3 Å². The largest absolute Gasteiger partial charge is 0.311 e. The second kappa shape index (κ2) is 8.44. The molecule has 5 rings (SSSR count). The number of benzene rings is 3. The number of anilines is 2. The Morgan fingerprint density at radius 3 is 2.50 bits per heavy atom. The molecule has 0 spiro atoms. The predicted octanol–water partition coefficient (Wildman–Crippen LogP) is 5.63.